The summed E-state index contributed by atoms with van der Waals surface area (Å²) in [5.41, 5.74) is 1.77. The van der Waals surface area contributed by atoms with E-state index in [-0.39, 0.29) is 5.82 Å². The van der Waals surface area contributed by atoms with Crippen LogP contribution < -0.4 is 0 Å². The standard InChI is InChI=1S/C11H13FN2/c1-3-6-14-8(2)13-10-7-9(12)4-5-11(10)14/h4-5,7H,3,6H2,1-2H3. The molecule has 2 nitrogen and oxygen atoms in total. The Morgan fingerprint density at radius 1 is 1.43 bits per heavy atom. The van der Waals surface area contributed by atoms with E-state index in [0.717, 1.165) is 29.8 Å². The molecule has 14 heavy (non-hydrogen) atoms. The molecular weight excluding hydrogens is 179 g/mol. The first-order valence-corrected chi connectivity index (χ1v) is 4.84. The first-order valence-electron chi connectivity index (χ1n) is 4.84. The minimum Gasteiger partial charge on any atom is -0.328 e. The average molecular weight is 192 g/mol. The molecule has 3 heteroatoms. The van der Waals surface area contributed by atoms with Crippen LogP contribution in [0.2, 0.25) is 0 Å². The monoisotopic (exact) mass is 192 g/mol. The van der Waals surface area contributed by atoms with Gasteiger partial charge in [0.2, 0.25) is 0 Å². The number of fused-ring (bicyclic) bond motifs is 1. The first-order chi connectivity index (χ1) is 6.72. The number of hydrogen-bond acceptors (Lipinski definition) is 1. The van der Waals surface area contributed by atoms with Crippen LogP contribution in [0.1, 0.15) is 19.2 Å². The van der Waals surface area contributed by atoms with Crippen LogP contribution in [0.25, 0.3) is 11.0 Å². The Bertz CT molecular complexity index is 460. The van der Waals surface area contributed by atoms with E-state index in [4.69, 9.17) is 0 Å². The molecule has 0 bridgehead atoms. The van der Waals surface area contributed by atoms with Gasteiger partial charge >= 0.3 is 0 Å². The molecule has 0 spiro atoms. The van der Waals surface area contributed by atoms with Crippen molar-refractivity contribution < 1.29 is 4.39 Å². The van der Waals surface area contributed by atoms with E-state index in [1.54, 1.807) is 6.07 Å². The van der Waals surface area contributed by atoms with Crippen molar-refractivity contribution in [1.82, 2.24) is 9.55 Å². The summed E-state index contributed by atoms with van der Waals surface area (Å²) in [6, 6.07) is 4.75. The third-order valence-corrected chi connectivity index (χ3v) is 2.35. The minimum absolute atomic E-state index is 0.223. The molecular formula is C11H13FN2. The van der Waals surface area contributed by atoms with Crippen LogP contribution in [-0.4, -0.2) is 9.55 Å². The van der Waals surface area contributed by atoms with Crippen LogP contribution >= 0.6 is 0 Å². The number of halogens is 1. The number of rotatable bonds is 2. The van der Waals surface area contributed by atoms with E-state index in [0.29, 0.717) is 0 Å². The van der Waals surface area contributed by atoms with Gasteiger partial charge in [-0.25, -0.2) is 9.37 Å². The zero-order chi connectivity index (χ0) is 10.1. The van der Waals surface area contributed by atoms with Crippen LogP contribution in [-0.2, 0) is 6.54 Å². The normalized spacial score (nSPS) is 11.1. The van der Waals surface area contributed by atoms with E-state index < -0.39 is 0 Å². The number of imidazole rings is 1. The highest BCUT2D eigenvalue weighted by Gasteiger charge is 2.06. The van der Waals surface area contributed by atoms with Gasteiger partial charge in [0.1, 0.15) is 11.6 Å². The van der Waals surface area contributed by atoms with E-state index in [1.807, 2.05) is 6.92 Å². The van der Waals surface area contributed by atoms with E-state index in [2.05, 4.69) is 16.5 Å². The zero-order valence-corrected chi connectivity index (χ0v) is 8.42. The molecule has 0 saturated carbocycles. The zero-order valence-electron chi connectivity index (χ0n) is 8.42. The maximum Gasteiger partial charge on any atom is 0.125 e. The predicted molar refractivity (Wildman–Crippen MR) is 54.7 cm³/mol. The highest BCUT2D eigenvalue weighted by atomic mass is 19.1. The predicted octanol–water partition coefficient (Wildman–Crippen LogP) is 2.89. The first kappa shape index (κ1) is 9.19. The van der Waals surface area contributed by atoms with Gasteiger partial charge in [0.15, 0.2) is 0 Å². The Morgan fingerprint density at radius 3 is 2.93 bits per heavy atom. The summed E-state index contributed by atoms with van der Waals surface area (Å²) in [6.45, 7) is 5.01. The highest BCUT2D eigenvalue weighted by molar-refractivity contribution is 5.75. The molecule has 0 aliphatic heterocycles. The summed E-state index contributed by atoms with van der Waals surface area (Å²) >= 11 is 0. The summed E-state index contributed by atoms with van der Waals surface area (Å²) in [7, 11) is 0. The van der Waals surface area contributed by atoms with Gasteiger partial charge in [-0.05, 0) is 25.5 Å². The third-order valence-electron chi connectivity index (χ3n) is 2.35. The van der Waals surface area contributed by atoms with Crippen LogP contribution in [0.4, 0.5) is 4.39 Å². The number of aromatic nitrogens is 2. The van der Waals surface area contributed by atoms with Gasteiger partial charge in [-0.2, -0.15) is 0 Å². The van der Waals surface area contributed by atoms with Crippen molar-refractivity contribution in [3.8, 4) is 0 Å². The summed E-state index contributed by atoms with van der Waals surface area (Å²) in [4.78, 5) is 4.32. The molecule has 0 aliphatic carbocycles. The molecule has 2 rings (SSSR count). The second kappa shape index (κ2) is 3.40. The fraction of sp³-hybridized carbons (Fsp3) is 0.364. The Labute approximate surface area is 82.4 Å². The van der Waals surface area contributed by atoms with Crippen molar-refractivity contribution >= 4 is 11.0 Å². The molecule has 0 saturated heterocycles. The second-order valence-corrected chi connectivity index (χ2v) is 3.44. The van der Waals surface area contributed by atoms with Crippen LogP contribution in [0.15, 0.2) is 18.2 Å². The number of aryl methyl sites for hydroxylation is 2. The van der Waals surface area contributed by atoms with E-state index in [1.165, 1.54) is 12.1 Å². The lowest BCUT2D eigenvalue weighted by Crippen LogP contribution is -1.98. The van der Waals surface area contributed by atoms with Crippen LogP contribution in [0.3, 0.4) is 0 Å². The van der Waals surface area contributed by atoms with Crippen molar-refractivity contribution in [2.45, 2.75) is 26.8 Å². The number of hydrogen-bond donors (Lipinski definition) is 0. The summed E-state index contributed by atoms with van der Waals surface area (Å²) < 4.78 is 15.0. The highest BCUT2D eigenvalue weighted by Crippen LogP contribution is 2.17. The smallest absolute Gasteiger partial charge is 0.125 e. The van der Waals surface area contributed by atoms with Gasteiger partial charge in [0, 0.05) is 12.6 Å². The Hall–Kier alpha value is -1.38. The van der Waals surface area contributed by atoms with Crippen molar-refractivity contribution in [1.29, 1.82) is 0 Å². The van der Waals surface area contributed by atoms with Gasteiger partial charge in [-0.3, -0.25) is 0 Å². The SMILES string of the molecule is CCCn1c(C)nc2cc(F)ccc21. The summed E-state index contributed by atoms with van der Waals surface area (Å²) in [5, 5.41) is 0. The maximum atomic E-state index is 12.9. The van der Waals surface area contributed by atoms with Gasteiger partial charge < -0.3 is 4.57 Å². The van der Waals surface area contributed by atoms with Crippen LogP contribution in [0, 0.1) is 12.7 Å². The fourth-order valence-electron chi connectivity index (χ4n) is 1.73. The van der Waals surface area contributed by atoms with Gasteiger partial charge in [0.25, 0.3) is 0 Å². The van der Waals surface area contributed by atoms with E-state index in [9.17, 15) is 4.39 Å². The third kappa shape index (κ3) is 1.39. The molecule has 0 amide bonds. The second-order valence-electron chi connectivity index (χ2n) is 3.44. The molecule has 1 aromatic heterocycles. The summed E-state index contributed by atoms with van der Waals surface area (Å²) in [6.07, 6.45) is 1.06. The molecule has 0 aliphatic rings. The van der Waals surface area contributed by atoms with Crippen molar-refractivity contribution in [3.05, 3.63) is 29.8 Å². The molecule has 1 aromatic carbocycles. The van der Waals surface area contributed by atoms with Gasteiger partial charge in [0.05, 0.1) is 11.0 Å². The lowest BCUT2D eigenvalue weighted by atomic mass is 10.3. The van der Waals surface area contributed by atoms with Crippen molar-refractivity contribution in [2.75, 3.05) is 0 Å². The molecule has 0 radical (unpaired) electrons. The molecule has 2 aromatic rings. The summed E-state index contributed by atoms with van der Waals surface area (Å²) in [5.74, 6) is 0.728. The minimum atomic E-state index is -0.223. The van der Waals surface area contributed by atoms with Crippen molar-refractivity contribution in [3.63, 3.8) is 0 Å². The lowest BCUT2D eigenvalue weighted by Gasteiger charge is -2.03. The van der Waals surface area contributed by atoms with Gasteiger partial charge in [-0.1, -0.05) is 6.92 Å². The lowest BCUT2D eigenvalue weighted by molar-refractivity contribution is 0.629. The van der Waals surface area contributed by atoms with Gasteiger partial charge in [-0.15, -0.1) is 0 Å². The van der Waals surface area contributed by atoms with E-state index >= 15 is 0 Å². The fourth-order valence-corrected chi connectivity index (χ4v) is 1.73. The Kier molecular flexibility index (Phi) is 2.23. The Balaban J connectivity index is 2.64. The Morgan fingerprint density at radius 2 is 2.21 bits per heavy atom. The quantitative estimate of drug-likeness (QED) is 0.715. The van der Waals surface area contributed by atoms with Crippen molar-refractivity contribution in [2.24, 2.45) is 0 Å². The number of nitrogens with zero attached hydrogens (tertiary/aromatic N) is 2. The largest absolute Gasteiger partial charge is 0.328 e. The molecule has 0 unspecified atom stereocenters. The average Bonchev–Trinajstić information content (AvgIpc) is 2.43. The molecule has 74 valence electrons. The number of benzene rings is 1. The van der Waals surface area contributed by atoms with Crippen LogP contribution in [0.5, 0.6) is 0 Å². The molecule has 0 atom stereocenters. The molecule has 0 fully saturated rings. The maximum absolute atomic E-state index is 12.9. The molecule has 0 N–H and O–H groups in total. The molecule has 1 heterocycles. The topological polar surface area (TPSA) is 17.8 Å².